The zero-order chi connectivity index (χ0) is 19.2. The number of unbranched alkanes of at least 4 members (excludes halogenated alkanes) is 3. The number of fused-ring (bicyclic) bond motifs is 1. The van der Waals surface area contributed by atoms with Gasteiger partial charge in [0.25, 0.3) is 0 Å². The second-order valence-corrected chi connectivity index (χ2v) is 7.93. The number of rotatable bonds is 10. The monoisotopic (exact) mass is 372 g/mol. The van der Waals surface area contributed by atoms with Gasteiger partial charge in [-0.1, -0.05) is 44.1 Å². The molecule has 0 heterocycles. The van der Waals surface area contributed by atoms with Crippen LogP contribution in [0.25, 0.3) is 0 Å². The van der Waals surface area contributed by atoms with Crippen LogP contribution in [0, 0.1) is 23.7 Å². The summed E-state index contributed by atoms with van der Waals surface area (Å²) < 4.78 is 10.1. The van der Waals surface area contributed by atoms with Crippen molar-refractivity contribution in [1.82, 2.24) is 0 Å². The van der Waals surface area contributed by atoms with E-state index in [-0.39, 0.29) is 18.7 Å². The van der Waals surface area contributed by atoms with E-state index in [1.54, 1.807) is 0 Å². The van der Waals surface area contributed by atoms with Crippen LogP contribution in [0.4, 0.5) is 0 Å². The summed E-state index contributed by atoms with van der Waals surface area (Å²) in [5.41, 5.74) is 1.15. The molecule has 2 fully saturated rings. The minimum Gasteiger partial charge on any atom is -0.482 e. The number of aliphatic hydroxyl groups excluding tert-OH is 1. The van der Waals surface area contributed by atoms with Gasteiger partial charge >= 0.3 is 5.97 Å². The zero-order valence-electron chi connectivity index (χ0n) is 16.5. The standard InChI is InChI=1S/C23H32O4/c1-3-4-5-6-7-11-18-19-14-21(24)20(23(18)19)13-16-9-8-10-17(12-16)27-15-22(25)26-2/h7-12,18-21,23-24H,3-6,13-15H2,1-2H3/t18?,19-,20?,21?,23+/m0/s1. The van der Waals surface area contributed by atoms with E-state index in [0.717, 1.165) is 18.4 Å². The maximum absolute atomic E-state index is 11.2. The van der Waals surface area contributed by atoms with Crippen LogP contribution in [-0.2, 0) is 16.0 Å². The number of benzene rings is 1. The van der Waals surface area contributed by atoms with Gasteiger partial charge in [0.1, 0.15) is 5.75 Å². The van der Waals surface area contributed by atoms with Gasteiger partial charge in [0.15, 0.2) is 6.61 Å². The van der Waals surface area contributed by atoms with Crippen molar-refractivity contribution < 1.29 is 19.4 Å². The van der Waals surface area contributed by atoms with Gasteiger partial charge < -0.3 is 14.6 Å². The van der Waals surface area contributed by atoms with E-state index in [4.69, 9.17) is 4.74 Å². The first-order valence-electron chi connectivity index (χ1n) is 10.3. The van der Waals surface area contributed by atoms with Crippen LogP contribution in [0.1, 0.15) is 44.6 Å². The Hall–Kier alpha value is -1.81. The van der Waals surface area contributed by atoms with Crippen molar-refractivity contribution in [3.05, 3.63) is 42.0 Å². The Morgan fingerprint density at radius 2 is 2.19 bits per heavy atom. The molecule has 1 N–H and O–H groups in total. The van der Waals surface area contributed by atoms with Crippen LogP contribution < -0.4 is 4.74 Å². The van der Waals surface area contributed by atoms with Crippen molar-refractivity contribution in [2.24, 2.45) is 23.7 Å². The van der Waals surface area contributed by atoms with Crippen LogP contribution >= 0.6 is 0 Å². The van der Waals surface area contributed by atoms with Gasteiger partial charge in [-0.3, -0.25) is 0 Å². The number of methoxy groups -OCH3 is 1. The van der Waals surface area contributed by atoms with Gasteiger partial charge in [-0.25, -0.2) is 4.79 Å². The van der Waals surface area contributed by atoms with Gasteiger partial charge in [0, 0.05) is 0 Å². The number of aliphatic hydroxyl groups is 1. The Kier molecular flexibility index (Phi) is 6.95. The van der Waals surface area contributed by atoms with Crippen molar-refractivity contribution in [3.63, 3.8) is 0 Å². The Morgan fingerprint density at radius 3 is 2.96 bits per heavy atom. The Balaban J connectivity index is 1.53. The molecule has 0 amide bonds. The number of carbonyl (C=O) groups is 1. The molecule has 4 nitrogen and oxygen atoms in total. The Morgan fingerprint density at radius 1 is 1.33 bits per heavy atom. The molecule has 148 valence electrons. The van der Waals surface area contributed by atoms with Gasteiger partial charge in [0.2, 0.25) is 0 Å². The van der Waals surface area contributed by atoms with Crippen LogP contribution in [0.3, 0.4) is 0 Å². The summed E-state index contributed by atoms with van der Waals surface area (Å²) in [6.45, 7) is 2.15. The summed E-state index contributed by atoms with van der Waals surface area (Å²) >= 11 is 0. The van der Waals surface area contributed by atoms with Crippen molar-refractivity contribution in [3.8, 4) is 5.75 Å². The first-order chi connectivity index (χ1) is 13.1. The Bertz CT molecular complexity index is 654. The number of hydrogen-bond acceptors (Lipinski definition) is 4. The van der Waals surface area contributed by atoms with Crippen molar-refractivity contribution >= 4 is 5.97 Å². The molecular formula is C23H32O4. The van der Waals surface area contributed by atoms with Crippen molar-refractivity contribution in [2.75, 3.05) is 13.7 Å². The normalized spacial score (nSPS) is 28.9. The highest BCUT2D eigenvalue weighted by Crippen LogP contribution is 2.61. The molecule has 0 aliphatic heterocycles. The summed E-state index contributed by atoms with van der Waals surface area (Å²) in [6, 6.07) is 7.84. The highest BCUT2D eigenvalue weighted by molar-refractivity contribution is 5.70. The lowest BCUT2D eigenvalue weighted by molar-refractivity contribution is -0.142. The molecule has 0 aromatic heterocycles. The molecule has 4 heteroatoms. The second-order valence-electron chi connectivity index (χ2n) is 7.93. The minimum atomic E-state index is -0.388. The maximum atomic E-state index is 11.2. The molecule has 2 saturated carbocycles. The molecule has 3 rings (SSSR count). The molecule has 0 saturated heterocycles. The lowest BCUT2D eigenvalue weighted by atomic mass is 9.90. The van der Waals surface area contributed by atoms with E-state index >= 15 is 0 Å². The number of allylic oxidation sites excluding steroid dienone is 2. The average Bonchev–Trinajstić information content (AvgIpc) is 3.24. The van der Waals surface area contributed by atoms with E-state index in [0.29, 0.717) is 29.4 Å². The number of esters is 1. The second kappa shape index (κ2) is 9.41. The highest BCUT2D eigenvalue weighted by Gasteiger charge is 2.59. The molecule has 5 atom stereocenters. The molecule has 1 aromatic rings. The summed E-state index contributed by atoms with van der Waals surface area (Å²) in [6.07, 6.45) is 11.4. The van der Waals surface area contributed by atoms with Crippen LogP contribution in [-0.4, -0.2) is 30.9 Å². The predicted octanol–water partition coefficient (Wildman–Crippen LogP) is 4.16. The van der Waals surface area contributed by atoms with Crippen LogP contribution in [0.15, 0.2) is 36.4 Å². The average molecular weight is 373 g/mol. The SMILES string of the molecule is CCCCCC=CC1[C@H]2C(Cc3cccc(OCC(=O)OC)c3)C(O)C[C@@H]12. The summed E-state index contributed by atoms with van der Waals surface area (Å²) in [5, 5.41) is 10.5. The third kappa shape index (κ3) is 5.13. The fourth-order valence-electron chi connectivity index (χ4n) is 4.60. The minimum absolute atomic E-state index is 0.0817. The van der Waals surface area contributed by atoms with Crippen molar-refractivity contribution in [1.29, 1.82) is 0 Å². The first kappa shape index (κ1) is 19.9. The largest absolute Gasteiger partial charge is 0.482 e. The van der Waals surface area contributed by atoms with Crippen molar-refractivity contribution in [2.45, 2.75) is 51.6 Å². The number of carbonyl (C=O) groups excluding carboxylic acids is 1. The number of ether oxygens (including phenoxy) is 2. The topological polar surface area (TPSA) is 55.8 Å². The molecule has 3 unspecified atom stereocenters. The van der Waals surface area contributed by atoms with E-state index < -0.39 is 0 Å². The van der Waals surface area contributed by atoms with Gasteiger partial charge in [0.05, 0.1) is 13.2 Å². The van der Waals surface area contributed by atoms with Gasteiger partial charge in [-0.2, -0.15) is 0 Å². The molecular weight excluding hydrogens is 340 g/mol. The molecule has 27 heavy (non-hydrogen) atoms. The zero-order valence-corrected chi connectivity index (χ0v) is 16.5. The summed E-state index contributed by atoms with van der Waals surface area (Å²) in [5.74, 6) is 2.52. The van der Waals surface area contributed by atoms with E-state index in [1.807, 2.05) is 18.2 Å². The van der Waals surface area contributed by atoms with E-state index in [1.165, 1.54) is 32.8 Å². The van der Waals surface area contributed by atoms with Crippen LogP contribution in [0.2, 0.25) is 0 Å². The van der Waals surface area contributed by atoms with Gasteiger partial charge in [-0.05, 0) is 67.1 Å². The smallest absolute Gasteiger partial charge is 0.343 e. The molecule has 2 aliphatic rings. The van der Waals surface area contributed by atoms with Gasteiger partial charge in [-0.15, -0.1) is 0 Å². The van der Waals surface area contributed by atoms with E-state index in [9.17, 15) is 9.90 Å². The first-order valence-corrected chi connectivity index (χ1v) is 10.3. The fraction of sp³-hybridized carbons (Fsp3) is 0.609. The summed E-state index contributed by atoms with van der Waals surface area (Å²) in [7, 11) is 1.35. The molecule has 0 bridgehead atoms. The lowest BCUT2D eigenvalue weighted by Gasteiger charge is -2.19. The van der Waals surface area contributed by atoms with E-state index in [2.05, 4.69) is 29.9 Å². The lowest BCUT2D eigenvalue weighted by Crippen LogP contribution is -2.21. The van der Waals surface area contributed by atoms with Crippen LogP contribution in [0.5, 0.6) is 5.75 Å². The fourth-order valence-corrected chi connectivity index (χ4v) is 4.60. The molecule has 2 aliphatic carbocycles. The number of hydrogen-bond donors (Lipinski definition) is 1. The molecule has 0 radical (unpaired) electrons. The Labute approximate surface area is 162 Å². The quantitative estimate of drug-likeness (QED) is 0.381. The molecule has 0 spiro atoms. The predicted molar refractivity (Wildman–Crippen MR) is 106 cm³/mol. The third-order valence-corrected chi connectivity index (χ3v) is 6.08. The summed E-state index contributed by atoms with van der Waals surface area (Å²) in [4.78, 5) is 11.2. The molecule has 1 aromatic carbocycles. The maximum Gasteiger partial charge on any atom is 0.343 e. The highest BCUT2D eigenvalue weighted by atomic mass is 16.6. The third-order valence-electron chi connectivity index (χ3n) is 6.08.